The normalized spacial score (nSPS) is 10.9. The van der Waals surface area contributed by atoms with Crippen LogP contribution in [0.25, 0.3) is 28.0 Å². The first kappa shape index (κ1) is 17.9. The fraction of sp³-hybridized carbons (Fsp3) is 0.130. The van der Waals surface area contributed by atoms with E-state index < -0.39 is 0 Å². The number of imidazole rings is 1. The molecule has 0 saturated carbocycles. The number of hydrogen-bond acceptors (Lipinski definition) is 3. The number of carbonyl (C=O) groups excluding carboxylic acids is 1. The Bertz CT molecular complexity index is 1120. The molecule has 1 amide bonds. The molecule has 0 radical (unpaired) electrons. The number of aromatic nitrogens is 2. The van der Waals surface area contributed by atoms with Gasteiger partial charge in [-0.05, 0) is 29.7 Å². The predicted octanol–water partition coefficient (Wildman–Crippen LogP) is 4.56. The number of pyridine rings is 1. The van der Waals surface area contributed by atoms with Crippen molar-refractivity contribution in [1.29, 1.82) is 0 Å². The van der Waals surface area contributed by atoms with Crippen LogP contribution in [0.3, 0.4) is 0 Å². The van der Waals surface area contributed by atoms with E-state index in [1.54, 1.807) is 0 Å². The first-order valence-corrected chi connectivity index (χ1v) is 9.08. The molecule has 5 nitrogen and oxygen atoms in total. The lowest BCUT2D eigenvalue weighted by Crippen LogP contribution is -2.17. The zero-order valence-electron chi connectivity index (χ0n) is 15.8. The van der Waals surface area contributed by atoms with Gasteiger partial charge in [-0.2, -0.15) is 0 Å². The average Bonchev–Trinajstić information content (AvgIpc) is 3.13. The first-order valence-electron chi connectivity index (χ1n) is 9.08. The molecule has 0 aliphatic carbocycles. The second-order valence-corrected chi connectivity index (χ2v) is 6.71. The van der Waals surface area contributed by atoms with Crippen LogP contribution in [-0.2, 0) is 9.53 Å². The van der Waals surface area contributed by atoms with E-state index in [1.807, 2.05) is 48.0 Å². The fourth-order valence-electron chi connectivity index (χ4n) is 3.25. The molecule has 0 atom stereocenters. The van der Waals surface area contributed by atoms with Crippen molar-refractivity contribution >= 4 is 17.2 Å². The van der Waals surface area contributed by atoms with E-state index in [9.17, 15) is 4.79 Å². The SMILES string of the molecule is COCC(=O)Nc1cc(C)cn2cc(-c3ccc(-c4ccccc4)cc3)nc12. The number of carbonyl (C=O) groups is 1. The molecule has 0 unspecified atom stereocenters. The van der Waals surface area contributed by atoms with Crippen LogP contribution in [-0.4, -0.2) is 29.0 Å². The topological polar surface area (TPSA) is 55.6 Å². The van der Waals surface area contributed by atoms with Crippen molar-refractivity contribution < 1.29 is 9.53 Å². The second kappa shape index (κ2) is 7.66. The molecule has 4 aromatic rings. The molecule has 0 fully saturated rings. The van der Waals surface area contributed by atoms with E-state index in [-0.39, 0.29) is 12.5 Å². The molecule has 140 valence electrons. The van der Waals surface area contributed by atoms with Crippen molar-refractivity contribution in [2.24, 2.45) is 0 Å². The lowest BCUT2D eigenvalue weighted by Gasteiger charge is -2.07. The Hall–Kier alpha value is -3.44. The molecule has 0 spiro atoms. The van der Waals surface area contributed by atoms with Crippen LogP contribution in [0.5, 0.6) is 0 Å². The molecular weight excluding hydrogens is 350 g/mol. The monoisotopic (exact) mass is 371 g/mol. The minimum atomic E-state index is -0.202. The number of methoxy groups -OCH3 is 1. The van der Waals surface area contributed by atoms with Gasteiger partial charge in [0, 0.05) is 25.1 Å². The molecule has 2 aromatic carbocycles. The summed E-state index contributed by atoms with van der Waals surface area (Å²) in [5.41, 5.74) is 6.64. The zero-order chi connectivity index (χ0) is 19.5. The van der Waals surface area contributed by atoms with E-state index in [2.05, 4.69) is 41.7 Å². The minimum Gasteiger partial charge on any atom is -0.375 e. The number of benzene rings is 2. The van der Waals surface area contributed by atoms with Gasteiger partial charge in [0.1, 0.15) is 6.61 Å². The number of ether oxygens (including phenoxy) is 1. The van der Waals surface area contributed by atoms with Gasteiger partial charge in [-0.15, -0.1) is 0 Å². The van der Waals surface area contributed by atoms with Gasteiger partial charge in [0.15, 0.2) is 5.65 Å². The summed E-state index contributed by atoms with van der Waals surface area (Å²) in [4.78, 5) is 16.7. The number of nitrogens with one attached hydrogen (secondary N) is 1. The molecule has 28 heavy (non-hydrogen) atoms. The van der Waals surface area contributed by atoms with E-state index >= 15 is 0 Å². The Morgan fingerprint density at radius 3 is 2.39 bits per heavy atom. The number of amides is 1. The van der Waals surface area contributed by atoms with Crippen molar-refractivity contribution in [3.63, 3.8) is 0 Å². The van der Waals surface area contributed by atoms with Gasteiger partial charge in [0.2, 0.25) is 5.91 Å². The molecular formula is C23H21N3O2. The van der Waals surface area contributed by atoms with Crippen molar-refractivity contribution in [2.75, 3.05) is 19.0 Å². The van der Waals surface area contributed by atoms with Gasteiger partial charge in [0.05, 0.1) is 11.4 Å². The van der Waals surface area contributed by atoms with Crippen LogP contribution < -0.4 is 5.32 Å². The largest absolute Gasteiger partial charge is 0.375 e. The van der Waals surface area contributed by atoms with Crippen molar-refractivity contribution in [1.82, 2.24) is 9.38 Å². The molecule has 4 rings (SSSR count). The summed E-state index contributed by atoms with van der Waals surface area (Å²) in [5, 5.41) is 2.87. The highest BCUT2D eigenvalue weighted by Crippen LogP contribution is 2.27. The lowest BCUT2D eigenvalue weighted by molar-refractivity contribution is -0.119. The Labute approximate surface area is 163 Å². The highest BCUT2D eigenvalue weighted by molar-refractivity contribution is 5.95. The third-order valence-electron chi connectivity index (χ3n) is 4.53. The van der Waals surface area contributed by atoms with Crippen LogP contribution >= 0.6 is 0 Å². The van der Waals surface area contributed by atoms with Crippen LogP contribution in [0.1, 0.15) is 5.56 Å². The summed E-state index contributed by atoms with van der Waals surface area (Å²) in [6, 6.07) is 20.5. The maximum atomic E-state index is 11.9. The predicted molar refractivity (Wildman–Crippen MR) is 111 cm³/mol. The molecule has 5 heteroatoms. The van der Waals surface area contributed by atoms with Crippen LogP contribution in [0, 0.1) is 6.92 Å². The van der Waals surface area contributed by atoms with Gasteiger partial charge < -0.3 is 14.5 Å². The van der Waals surface area contributed by atoms with Crippen LogP contribution in [0.4, 0.5) is 5.69 Å². The zero-order valence-corrected chi connectivity index (χ0v) is 15.8. The summed E-state index contributed by atoms with van der Waals surface area (Å²) in [6.07, 6.45) is 3.97. The number of fused-ring (bicyclic) bond motifs is 1. The summed E-state index contributed by atoms with van der Waals surface area (Å²) >= 11 is 0. The van der Waals surface area contributed by atoms with Crippen molar-refractivity contribution in [2.45, 2.75) is 6.92 Å². The van der Waals surface area contributed by atoms with E-state index in [0.717, 1.165) is 22.4 Å². The van der Waals surface area contributed by atoms with Gasteiger partial charge in [-0.1, -0.05) is 54.6 Å². The maximum absolute atomic E-state index is 11.9. The molecule has 1 N–H and O–H groups in total. The van der Waals surface area contributed by atoms with Crippen LogP contribution in [0.15, 0.2) is 73.1 Å². The molecule has 0 aliphatic heterocycles. The third-order valence-corrected chi connectivity index (χ3v) is 4.53. The smallest absolute Gasteiger partial charge is 0.250 e. The summed E-state index contributed by atoms with van der Waals surface area (Å²) in [7, 11) is 1.50. The fourth-order valence-corrected chi connectivity index (χ4v) is 3.25. The average molecular weight is 371 g/mol. The van der Waals surface area contributed by atoms with Crippen molar-refractivity contribution in [3.8, 4) is 22.4 Å². The second-order valence-electron chi connectivity index (χ2n) is 6.71. The summed E-state index contributed by atoms with van der Waals surface area (Å²) in [5.74, 6) is -0.202. The number of hydrogen-bond donors (Lipinski definition) is 1. The Kier molecular flexibility index (Phi) is 4.91. The Balaban J connectivity index is 1.69. The van der Waals surface area contributed by atoms with Gasteiger partial charge in [-0.25, -0.2) is 4.98 Å². The lowest BCUT2D eigenvalue weighted by atomic mass is 10.0. The number of anilines is 1. The molecule has 2 aromatic heterocycles. The number of nitrogens with zero attached hydrogens (tertiary/aromatic N) is 2. The summed E-state index contributed by atoms with van der Waals surface area (Å²) in [6.45, 7) is 1.99. The Morgan fingerprint density at radius 2 is 1.68 bits per heavy atom. The maximum Gasteiger partial charge on any atom is 0.250 e. The van der Waals surface area contributed by atoms with E-state index in [1.165, 1.54) is 12.7 Å². The Morgan fingerprint density at radius 1 is 1.00 bits per heavy atom. The third kappa shape index (κ3) is 3.66. The van der Waals surface area contributed by atoms with Gasteiger partial charge in [-0.3, -0.25) is 4.79 Å². The van der Waals surface area contributed by atoms with Gasteiger partial charge in [0.25, 0.3) is 0 Å². The standard InChI is InChI=1S/C23H21N3O2/c1-16-12-20(24-22(27)15-28-2)23-25-21(14-26(23)13-16)19-10-8-18(9-11-19)17-6-4-3-5-7-17/h3-14H,15H2,1-2H3,(H,24,27). The minimum absolute atomic E-state index is 0.00855. The van der Waals surface area contributed by atoms with Gasteiger partial charge >= 0.3 is 0 Å². The highest BCUT2D eigenvalue weighted by atomic mass is 16.5. The molecule has 0 aliphatic rings. The van der Waals surface area contributed by atoms with Crippen LogP contribution in [0.2, 0.25) is 0 Å². The highest BCUT2D eigenvalue weighted by Gasteiger charge is 2.12. The first-order chi connectivity index (χ1) is 13.6. The number of aryl methyl sites for hydroxylation is 1. The van der Waals surface area contributed by atoms with E-state index in [0.29, 0.717) is 11.3 Å². The quantitative estimate of drug-likeness (QED) is 0.559. The molecule has 0 saturated heterocycles. The van der Waals surface area contributed by atoms with Crippen molar-refractivity contribution in [3.05, 3.63) is 78.6 Å². The molecule has 0 bridgehead atoms. The number of rotatable bonds is 5. The molecule has 2 heterocycles. The summed E-state index contributed by atoms with van der Waals surface area (Å²) < 4.78 is 6.84. The van der Waals surface area contributed by atoms with E-state index in [4.69, 9.17) is 9.72 Å².